The van der Waals surface area contributed by atoms with Crippen molar-refractivity contribution in [3.63, 3.8) is 0 Å². The van der Waals surface area contributed by atoms with Gasteiger partial charge in [-0.05, 0) is 5.92 Å². The van der Waals surface area contributed by atoms with Gasteiger partial charge in [-0.2, -0.15) is 0 Å². The molecule has 12 heavy (non-hydrogen) atoms. The number of ether oxygens (including phenoxy) is 1. The van der Waals surface area contributed by atoms with Gasteiger partial charge in [0.1, 0.15) is 0 Å². The van der Waals surface area contributed by atoms with Crippen LogP contribution in [0.25, 0.3) is 0 Å². The zero-order valence-electron chi connectivity index (χ0n) is 7.78. The Bertz CT molecular complexity index is 163. The summed E-state index contributed by atoms with van der Waals surface area (Å²) in [4.78, 5) is 11.1. The molecule has 70 valence electrons. The van der Waals surface area contributed by atoms with Crippen molar-refractivity contribution in [1.29, 1.82) is 0 Å². The summed E-state index contributed by atoms with van der Waals surface area (Å²) in [5.41, 5.74) is 0. The normalized spacial score (nSPS) is 15.4. The van der Waals surface area contributed by atoms with E-state index < -0.39 is 18.0 Å². The van der Waals surface area contributed by atoms with Crippen LogP contribution in [0.4, 0.5) is 0 Å². The van der Waals surface area contributed by atoms with Gasteiger partial charge in [0, 0.05) is 0 Å². The maximum absolute atomic E-state index is 11.1. The molecule has 0 fully saturated rings. The van der Waals surface area contributed by atoms with Crippen molar-refractivity contribution in [1.82, 2.24) is 0 Å². The van der Waals surface area contributed by atoms with Crippen LogP contribution in [0.2, 0.25) is 0 Å². The van der Waals surface area contributed by atoms with Gasteiger partial charge >= 0.3 is 5.97 Å². The molecular weight excluding hydrogens is 156 g/mol. The lowest BCUT2D eigenvalue weighted by molar-refractivity contribution is -0.150. The maximum atomic E-state index is 11.1. The molecule has 0 aromatic carbocycles. The first kappa shape index (κ1) is 11.2. The number of carbonyl (C=O) groups is 1. The SMILES string of the molecule is C=CC(O)C(C(=O)OC)C(C)C. The second kappa shape index (κ2) is 4.93. The van der Waals surface area contributed by atoms with Gasteiger partial charge in [-0.1, -0.05) is 19.9 Å². The number of carbonyl (C=O) groups excluding carboxylic acids is 1. The van der Waals surface area contributed by atoms with Crippen LogP contribution < -0.4 is 0 Å². The van der Waals surface area contributed by atoms with Crippen LogP contribution in [0.15, 0.2) is 12.7 Å². The lowest BCUT2D eigenvalue weighted by Crippen LogP contribution is -2.32. The fourth-order valence-electron chi connectivity index (χ4n) is 1.09. The molecule has 2 atom stereocenters. The Morgan fingerprint density at radius 1 is 1.58 bits per heavy atom. The molecule has 0 aliphatic carbocycles. The van der Waals surface area contributed by atoms with Gasteiger partial charge in [-0.3, -0.25) is 4.79 Å². The molecule has 0 aliphatic rings. The van der Waals surface area contributed by atoms with E-state index in [-0.39, 0.29) is 5.92 Å². The van der Waals surface area contributed by atoms with E-state index in [9.17, 15) is 9.90 Å². The van der Waals surface area contributed by atoms with Crippen LogP contribution in [-0.4, -0.2) is 24.3 Å². The minimum atomic E-state index is -0.822. The third-order valence-corrected chi connectivity index (χ3v) is 1.80. The Kier molecular flexibility index (Phi) is 4.59. The van der Waals surface area contributed by atoms with Gasteiger partial charge in [0.15, 0.2) is 0 Å². The molecule has 0 rings (SSSR count). The van der Waals surface area contributed by atoms with Crippen molar-refractivity contribution < 1.29 is 14.6 Å². The van der Waals surface area contributed by atoms with E-state index in [0.717, 1.165) is 0 Å². The number of methoxy groups -OCH3 is 1. The first-order chi connectivity index (χ1) is 5.54. The van der Waals surface area contributed by atoms with Gasteiger partial charge in [-0.15, -0.1) is 6.58 Å². The molecule has 0 heterocycles. The predicted molar refractivity (Wildman–Crippen MR) is 46.5 cm³/mol. The predicted octanol–water partition coefficient (Wildman–Crippen LogP) is 0.978. The zero-order valence-corrected chi connectivity index (χ0v) is 7.78. The first-order valence-corrected chi connectivity index (χ1v) is 3.93. The highest BCUT2D eigenvalue weighted by molar-refractivity contribution is 5.73. The molecule has 3 nitrogen and oxygen atoms in total. The van der Waals surface area contributed by atoms with E-state index in [1.54, 1.807) is 0 Å². The smallest absolute Gasteiger partial charge is 0.311 e. The van der Waals surface area contributed by atoms with Crippen LogP contribution >= 0.6 is 0 Å². The molecule has 1 N–H and O–H groups in total. The molecule has 3 heteroatoms. The Morgan fingerprint density at radius 3 is 2.33 bits per heavy atom. The Morgan fingerprint density at radius 2 is 2.08 bits per heavy atom. The monoisotopic (exact) mass is 172 g/mol. The van der Waals surface area contributed by atoms with Crippen LogP contribution in [-0.2, 0) is 9.53 Å². The highest BCUT2D eigenvalue weighted by atomic mass is 16.5. The third kappa shape index (κ3) is 2.66. The molecule has 0 radical (unpaired) electrons. The number of hydrogen-bond acceptors (Lipinski definition) is 3. The Hall–Kier alpha value is -0.830. The number of rotatable bonds is 4. The van der Waals surface area contributed by atoms with Crippen molar-refractivity contribution in [3.05, 3.63) is 12.7 Å². The van der Waals surface area contributed by atoms with E-state index in [1.807, 2.05) is 13.8 Å². The summed E-state index contributed by atoms with van der Waals surface area (Å²) in [6.45, 7) is 7.13. The van der Waals surface area contributed by atoms with Crippen LogP contribution in [0.5, 0.6) is 0 Å². The number of aliphatic hydroxyl groups excluding tert-OH is 1. The minimum absolute atomic E-state index is 0.0467. The second-order valence-electron chi connectivity index (χ2n) is 3.02. The molecule has 0 aliphatic heterocycles. The number of hydrogen-bond donors (Lipinski definition) is 1. The van der Waals surface area contributed by atoms with Gasteiger partial charge < -0.3 is 9.84 Å². The van der Waals surface area contributed by atoms with Crippen molar-refractivity contribution in [3.8, 4) is 0 Å². The van der Waals surface area contributed by atoms with E-state index in [2.05, 4.69) is 11.3 Å². The van der Waals surface area contributed by atoms with Crippen LogP contribution in [0.3, 0.4) is 0 Å². The summed E-state index contributed by atoms with van der Waals surface area (Å²) >= 11 is 0. The molecule has 2 unspecified atom stereocenters. The van der Waals surface area contributed by atoms with Crippen molar-refractivity contribution in [2.75, 3.05) is 7.11 Å². The summed E-state index contributed by atoms with van der Waals surface area (Å²) in [5, 5.41) is 9.37. The topological polar surface area (TPSA) is 46.5 Å². The van der Waals surface area contributed by atoms with Gasteiger partial charge in [-0.25, -0.2) is 0 Å². The fourth-order valence-corrected chi connectivity index (χ4v) is 1.09. The highest BCUT2D eigenvalue weighted by Crippen LogP contribution is 2.17. The van der Waals surface area contributed by atoms with Crippen molar-refractivity contribution in [2.24, 2.45) is 11.8 Å². The fraction of sp³-hybridized carbons (Fsp3) is 0.667. The summed E-state index contributed by atoms with van der Waals surface area (Å²) in [6.07, 6.45) is 0.527. The number of esters is 1. The summed E-state index contributed by atoms with van der Waals surface area (Å²) < 4.78 is 4.55. The molecule has 0 bridgehead atoms. The molecule has 0 aromatic rings. The molecule has 0 saturated heterocycles. The molecule has 0 aromatic heterocycles. The lowest BCUT2D eigenvalue weighted by atomic mass is 9.90. The zero-order chi connectivity index (χ0) is 9.72. The molecule has 0 spiro atoms. The van der Waals surface area contributed by atoms with Gasteiger partial charge in [0.25, 0.3) is 0 Å². The lowest BCUT2D eigenvalue weighted by Gasteiger charge is -2.21. The van der Waals surface area contributed by atoms with E-state index in [1.165, 1.54) is 13.2 Å². The van der Waals surface area contributed by atoms with Crippen LogP contribution in [0, 0.1) is 11.8 Å². The molecular formula is C9H16O3. The number of aliphatic hydroxyl groups is 1. The third-order valence-electron chi connectivity index (χ3n) is 1.80. The second-order valence-corrected chi connectivity index (χ2v) is 3.02. The van der Waals surface area contributed by atoms with E-state index >= 15 is 0 Å². The molecule has 0 amide bonds. The first-order valence-electron chi connectivity index (χ1n) is 3.93. The summed E-state index contributed by atoms with van der Waals surface area (Å²) in [7, 11) is 1.31. The van der Waals surface area contributed by atoms with Gasteiger partial charge in [0.2, 0.25) is 0 Å². The largest absolute Gasteiger partial charge is 0.469 e. The molecule has 0 saturated carbocycles. The van der Waals surface area contributed by atoms with E-state index in [0.29, 0.717) is 0 Å². The maximum Gasteiger partial charge on any atom is 0.311 e. The standard InChI is InChI=1S/C9H16O3/c1-5-7(10)8(6(2)3)9(11)12-4/h5-8,10H,1H2,2-4H3. The average molecular weight is 172 g/mol. The quantitative estimate of drug-likeness (QED) is 0.508. The van der Waals surface area contributed by atoms with Crippen molar-refractivity contribution >= 4 is 5.97 Å². The summed E-state index contributed by atoms with van der Waals surface area (Å²) in [6, 6.07) is 0. The van der Waals surface area contributed by atoms with Crippen molar-refractivity contribution in [2.45, 2.75) is 20.0 Å². The minimum Gasteiger partial charge on any atom is -0.469 e. The Balaban J connectivity index is 4.42. The average Bonchev–Trinajstić information content (AvgIpc) is 2.03. The summed E-state index contributed by atoms with van der Waals surface area (Å²) in [5.74, 6) is -0.852. The van der Waals surface area contributed by atoms with E-state index in [4.69, 9.17) is 0 Å². The highest BCUT2D eigenvalue weighted by Gasteiger charge is 2.28. The Labute approximate surface area is 73.0 Å². The van der Waals surface area contributed by atoms with Gasteiger partial charge in [0.05, 0.1) is 19.1 Å². The van der Waals surface area contributed by atoms with Crippen LogP contribution in [0.1, 0.15) is 13.8 Å².